The molecule has 0 saturated carbocycles. The van der Waals surface area contributed by atoms with Crippen molar-refractivity contribution < 1.29 is 15.0 Å². The maximum atomic E-state index is 11.0. The Bertz CT molecular complexity index is 924. The third-order valence-electron chi connectivity index (χ3n) is 4.20. The highest BCUT2D eigenvalue weighted by atomic mass is 16.4. The fourth-order valence-corrected chi connectivity index (χ4v) is 2.80. The van der Waals surface area contributed by atoms with Gasteiger partial charge >= 0.3 is 5.97 Å². The number of aromatic hydroxyl groups is 1. The van der Waals surface area contributed by atoms with Crippen LogP contribution in [0.15, 0.2) is 79.4 Å². The second-order valence-corrected chi connectivity index (χ2v) is 5.82. The van der Waals surface area contributed by atoms with Crippen molar-refractivity contribution in [1.29, 1.82) is 0 Å². The van der Waals surface area contributed by atoms with Crippen molar-refractivity contribution in [3.8, 4) is 5.75 Å². The Hall–Kier alpha value is -3.33. The van der Waals surface area contributed by atoms with Gasteiger partial charge in [-0.3, -0.25) is 0 Å². The Morgan fingerprint density at radius 1 is 0.800 bits per heavy atom. The lowest BCUT2D eigenvalue weighted by Crippen LogP contribution is -1.98. The van der Waals surface area contributed by atoms with E-state index in [-0.39, 0.29) is 11.3 Å². The number of para-hydroxylation sites is 1. The van der Waals surface area contributed by atoms with Gasteiger partial charge in [0.25, 0.3) is 0 Å². The molecule has 0 bridgehead atoms. The topological polar surface area (TPSA) is 57.5 Å². The summed E-state index contributed by atoms with van der Waals surface area (Å²) in [7, 11) is 0. The van der Waals surface area contributed by atoms with Crippen LogP contribution in [0.25, 0.3) is 5.57 Å². The number of phenolic OH excluding ortho intramolecular Hbond substituents is 1. The first-order chi connectivity index (χ1) is 12.1. The lowest BCUT2D eigenvalue weighted by Gasteiger charge is -2.13. The van der Waals surface area contributed by atoms with Crippen molar-refractivity contribution in [2.45, 2.75) is 6.42 Å². The zero-order valence-electron chi connectivity index (χ0n) is 13.6. The van der Waals surface area contributed by atoms with Gasteiger partial charge in [-0.15, -0.1) is 0 Å². The molecule has 0 spiro atoms. The van der Waals surface area contributed by atoms with Crippen LogP contribution in [0.4, 0.5) is 0 Å². The smallest absolute Gasteiger partial charge is 0.335 e. The molecule has 0 aliphatic carbocycles. The number of phenols is 1. The SMILES string of the molecule is C=C(c1ccc(C(=O)O)cc1)c1ccccc1Cc1ccccc1O. The van der Waals surface area contributed by atoms with Crippen molar-refractivity contribution >= 4 is 11.5 Å². The Balaban J connectivity index is 1.93. The van der Waals surface area contributed by atoms with Crippen molar-refractivity contribution in [3.63, 3.8) is 0 Å². The average molecular weight is 330 g/mol. The molecule has 3 aromatic carbocycles. The number of benzene rings is 3. The number of carboxylic acid groups (broad SMARTS) is 1. The summed E-state index contributed by atoms with van der Waals surface area (Å²) in [6, 6.07) is 21.9. The Kier molecular flexibility index (Phi) is 4.66. The number of aromatic carboxylic acids is 1. The molecule has 0 saturated heterocycles. The minimum atomic E-state index is -0.947. The molecule has 0 atom stereocenters. The van der Waals surface area contributed by atoms with E-state index in [9.17, 15) is 9.90 Å². The molecule has 3 aromatic rings. The molecule has 0 unspecified atom stereocenters. The van der Waals surface area contributed by atoms with E-state index in [0.717, 1.165) is 27.8 Å². The third kappa shape index (κ3) is 3.61. The Labute approximate surface area is 146 Å². The van der Waals surface area contributed by atoms with Gasteiger partial charge in [-0.05, 0) is 46.0 Å². The van der Waals surface area contributed by atoms with Crippen LogP contribution in [0.2, 0.25) is 0 Å². The average Bonchev–Trinajstić information content (AvgIpc) is 2.63. The van der Waals surface area contributed by atoms with E-state index in [2.05, 4.69) is 6.58 Å². The fourth-order valence-electron chi connectivity index (χ4n) is 2.80. The van der Waals surface area contributed by atoms with Crippen LogP contribution in [-0.2, 0) is 6.42 Å². The third-order valence-corrected chi connectivity index (χ3v) is 4.20. The van der Waals surface area contributed by atoms with E-state index in [4.69, 9.17) is 5.11 Å². The van der Waals surface area contributed by atoms with E-state index in [0.29, 0.717) is 6.42 Å². The number of hydrogen-bond acceptors (Lipinski definition) is 2. The van der Waals surface area contributed by atoms with E-state index < -0.39 is 5.97 Å². The molecule has 0 aliphatic rings. The molecular formula is C22H18O3. The number of hydrogen-bond donors (Lipinski definition) is 2. The quantitative estimate of drug-likeness (QED) is 0.710. The molecule has 0 radical (unpaired) electrons. The fraction of sp³-hybridized carbons (Fsp3) is 0.0455. The minimum Gasteiger partial charge on any atom is -0.508 e. The van der Waals surface area contributed by atoms with Crippen molar-refractivity contribution in [2.24, 2.45) is 0 Å². The highest BCUT2D eigenvalue weighted by molar-refractivity contribution is 5.89. The molecule has 2 N–H and O–H groups in total. The molecule has 25 heavy (non-hydrogen) atoms. The summed E-state index contributed by atoms with van der Waals surface area (Å²) in [6.07, 6.45) is 0.592. The molecule has 0 amide bonds. The van der Waals surface area contributed by atoms with Gasteiger partial charge in [0.15, 0.2) is 0 Å². The summed E-state index contributed by atoms with van der Waals surface area (Å²) in [4.78, 5) is 11.0. The summed E-state index contributed by atoms with van der Waals surface area (Å²) in [6.45, 7) is 4.18. The van der Waals surface area contributed by atoms with E-state index in [1.807, 2.05) is 36.4 Å². The van der Waals surface area contributed by atoms with Gasteiger partial charge in [-0.1, -0.05) is 61.2 Å². The maximum absolute atomic E-state index is 11.0. The molecule has 0 fully saturated rings. The standard InChI is InChI=1S/C22H18O3/c1-15(16-10-12-17(13-11-16)22(24)25)20-8-4-2-6-18(20)14-19-7-3-5-9-21(19)23/h2-13,23H,1,14H2,(H,24,25). The monoisotopic (exact) mass is 330 g/mol. The van der Waals surface area contributed by atoms with Crippen LogP contribution < -0.4 is 0 Å². The number of carboxylic acids is 1. The van der Waals surface area contributed by atoms with Gasteiger partial charge in [0.1, 0.15) is 5.75 Å². The van der Waals surface area contributed by atoms with Crippen LogP contribution >= 0.6 is 0 Å². The largest absolute Gasteiger partial charge is 0.508 e. The van der Waals surface area contributed by atoms with E-state index in [1.165, 1.54) is 0 Å². The first kappa shape index (κ1) is 16.5. The lowest BCUT2D eigenvalue weighted by molar-refractivity contribution is 0.0697. The molecule has 3 rings (SSSR count). The number of carbonyl (C=O) groups is 1. The molecule has 0 heterocycles. The van der Waals surface area contributed by atoms with Crippen LogP contribution in [0, 0.1) is 0 Å². The summed E-state index contributed by atoms with van der Waals surface area (Å²) >= 11 is 0. The molecule has 3 nitrogen and oxygen atoms in total. The summed E-state index contributed by atoms with van der Waals surface area (Å²) < 4.78 is 0. The van der Waals surface area contributed by atoms with Crippen molar-refractivity contribution in [1.82, 2.24) is 0 Å². The summed E-state index contributed by atoms with van der Waals surface area (Å²) in [5, 5.41) is 19.0. The molecule has 124 valence electrons. The normalized spacial score (nSPS) is 10.4. The van der Waals surface area contributed by atoms with Crippen LogP contribution in [0.3, 0.4) is 0 Å². The Morgan fingerprint density at radius 3 is 2.00 bits per heavy atom. The summed E-state index contributed by atoms with van der Waals surface area (Å²) in [5.74, 6) is -0.675. The zero-order chi connectivity index (χ0) is 17.8. The Morgan fingerprint density at radius 2 is 1.36 bits per heavy atom. The van der Waals surface area contributed by atoms with Gasteiger partial charge in [-0.2, -0.15) is 0 Å². The van der Waals surface area contributed by atoms with Crippen LogP contribution in [0.1, 0.15) is 32.6 Å². The van der Waals surface area contributed by atoms with Crippen molar-refractivity contribution in [3.05, 3.63) is 107 Å². The molecule has 0 aliphatic heterocycles. The maximum Gasteiger partial charge on any atom is 0.335 e. The second kappa shape index (κ2) is 7.05. The minimum absolute atomic E-state index is 0.249. The second-order valence-electron chi connectivity index (χ2n) is 5.82. The van der Waals surface area contributed by atoms with Gasteiger partial charge in [-0.25, -0.2) is 4.79 Å². The first-order valence-electron chi connectivity index (χ1n) is 7.94. The predicted molar refractivity (Wildman–Crippen MR) is 98.9 cm³/mol. The van der Waals surface area contributed by atoms with Gasteiger partial charge in [0, 0.05) is 6.42 Å². The highest BCUT2D eigenvalue weighted by Crippen LogP contribution is 2.28. The van der Waals surface area contributed by atoms with E-state index in [1.54, 1.807) is 36.4 Å². The zero-order valence-corrected chi connectivity index (χ0v) is 13.6. The van der Waals surface area contributed by atoms with Crippen LogP contribution in [-0.4, -0.2) is 16.2 Å². The molecular weight excluding hydrogens is 312 g/mol. The van der Waals surface area contributed by atoms with Crippen molar-refractivity contribution in [2.75, 3.05) is 0 Å². The lowest BCUT2D eigenvalue weighted by atomic mass is 9.91. The molecule has 0 aromatic heterocycles. The van der Waals surface area contributed by atoms with Gasteiger partial charge in [0.2, 0.25) is 0 Å². The molecule has 3 heteroatoms. The van der Waals surface area contributed by atoms with Gasteiger partial charge in [0.05, 0.1) is 5.56 Å². The van der Waals surface area contributed by atoms with Crippen LogP contribution in [0.5, 0.6) is 5.75 Å². The van der Waals surface area contributed by atoms with Gasteiger partial charge < -0.3 is 10.2 Å². The first-order valence-corrected chi connectivity index (χ1v) is 7.94. The van der Waals surface area contributed by atoms with E-state index >= 15 is 0 Å². The predicted octanol–water partition coefficient (Wildman–Crippen LogP) is 4.74. The summed E-state index contributed by atoms with van der Waals surface area (Å²) in [5.41, 5.74) is 4.82. The number of rotatable bonds is 5. The highest BCUT2D eigenvalue weighted by Gasteiger charge is 2.11.